The van der Waals surface area contributed by atoms with Crippen LogP contribution < -0.4 is 22.5 Å². The number of carbonyl (C=O) groups is 1. The standard InChI is InChI=1S/C7H14.CH6N4O/c1-7-5-3-2-4-6-7;2-4-1(6)5-3/h7H,2-6H2,1H3;2-3H2,(H2,4,5,6). The van der Waals surface area contributed by atoms with E-state index < -0.39 is 6.03 Å². The maximum atomic E-state index is 9.71. The van der Waals surface area contributed by atoms with Gasteiger partial charge in [0.1, 0.15) is 0 Å². The van der Waals surface area contributed by atoms with Crippen LogP contribution in [0.25, 0.3) is 0 Å². The van der Waals surface area contributed by atoms with Gasteiger partial charge in [0.05, 0.1) is 0 Å². The summed E-state index contributed by atoms with van der Waals surface area (Å²) in [6.45, 7) is 2.36. The molecule has 1 aliphatic rings. The Bertz CT molecular complexity index is 128. The van der Waals surface area contributed by atoms with Crippen LogP contribution in [0.5, 0.6) is 0 Å². The molecular formula is C8H20N4O. The number of hydrazine groups is 2. The molecule has 5 heteroatoms. The predicted octanol–water partition coefficient (Wildman–Crippen LogP) is 0.620. The lowest BCUT2D eigenvalue weighted by molar-refractivity contribution is 0.241. The Morgan fingerprint density at radius 3 is 1.77 bits per heavy atom. The zero-order chi connectivity index (χ0) is 10.1. The minimum absolute atomic E-state index is 0.602. The highest BCUT2D eigenvalue weighted by Gasteiger charge is 2.05. The van der Waals surface area contributed by atoms with Gasteiger partial charge < -0.3 is 0 Å². The largest absolute Gasteiger partial charge is 0.343 e. The number of urea groups is 1. The summed E-state index contributed by atoms with van der Waals surface area (Å²) in [7, 11) is 0. The van der Waals surface area contributed by atoms with Gasteiger partial charge in [-0.15, -0.1) is 0 Å². The number of nitrogens with two attached hydrogens (primary N) is 2. The molecule has 5 nitrogen and oxygen atoms in total. The summed E-state index contributed by atoms with van der Waals surface area (Å²) in [5.41, 5.74) is 3.48. The molecule has 1 fully saturated rings. The summed E-state index contributed by atoms with van der Waals surface area (Å²) in [6.07, 6.45) is 7.44. The number of rotatable bonds is 0. The van der Waals surface area contributed by atoms with Crippen molar-refractivity contribution in [2.24, 2.45) is 17.6 Å². The fraction of sp³-hybridized carbons (Fsp3) is 0.875. The SMILES string of the molecule is CC1CCCCC1.NNC(=O)NN. The highest BCUT2D eigenvalue weighted by molar-refractivity contribution is 5.72. The Hall–Kier alpha value is -0.810. The van der Waals surface area contributed by atoms with Gasteiger partial charge in [-0.25, -0.2) is 16.5 Å². The lowest BCUT2D eigenvalue weighted by atomic mass is 9.91. The molecule has 0 saturated heterocycles. The fourth-order valence-electron chi connectivity index (χ4n) is 1.35. The summed E-state index contributed by atoms with van der Waals surface area (Å²) in [5.74, 6) is 10.1. The first-order valence-corrected chi connectivity index (χ1v) is 4.68. The second-order valence-electron chi connectivity index (χ2n) is 3.36. The van der Waals surface area contributed by atoms with Gasteiger partial charge >= 0.3 is 6.03 Å². The van der Waals surface area contributed by atoms with Crippen molar-refractivity contribution in [1.29, 1.82) is 0 Å². The minimum atomic E-state index is -0.602. The Balaban J connectivity index is 0.000000226. The number of carbonyl (C=O) groups excluding carboxylic acids is 1. The van der Waals surface area contributed by atoms with Crippen LogP contribution in [0, 0.1) is 5.92 Å². The van der Waals surface area contributed by atoms with Gasteiger partial charge in [0.25, 0.3) is 0 Å². The van der Waals surface area contributed by atoms with Crippen LogP contribution in [0.15, 0.2) is 0 Å². The third kappa shape index (κ3) is 7.55. The van der Waals surface area contributed by atoms with E-state index in [1.54, 1.807) is 10.9 Å². The molecule has 0 aliphatic heterocycles. The molecule has 6 N–H and O–H groups in total. The second-order valence-corrected chi connectivity index (χ2v) is 3.36. The van der Waals surface area contributed by atoms with E-state index in [0.717, 1.165) is 5.92 Å². The van der Waals surface area contributed by atoms with Gasteiger partial charge in [0, 0.05) is 0 Å². The predicted molar refractivity (Wildman–Crippen MR) is 52.3 cm³/mol. The van der Waals surface area contributed by atoms with E-state index in [2.05, 4.69) is 18.6 Å². The molecule has 0 radical (unpaired) electrons. The van der Waals surface area contributed by atoms with Crippen molar-refractivity contribution in [3.63, 3.8) is 0 Å². The van der Waals surface area contributed by atoms with Gasteiger partial charge in [-0.3, -0.25) is 10.9 Å². The smallest absolute Gasteiger partial charge is 0.275 e. The third-order valence-corrected chi connectivity index (χ3v) is 2.16. The van der Waals surface area contributed by atoms with Crippen LogP contribution in [0.3, 0.4) is 0 Å². The van der Waals surface area contributed by atoms with Crippen molar-refractivity contribution in [2.75, 3.05) is 0 Å². The van der Waals surface area contributed by atoms with E-state index in [-0.39, 0.29) is 0 Å². The second kappa shape index (κ2) is 7.82. The van der Waals surface area contributed by atoms with Crippen molar-refractivity contribution in [2.45, 2.75) is 39.0 Å². The summed E-state index contributed by atoms with van der Waals surface area (Å²) in [5, 5.41) is 0. The van der Waals surface area contributed by atoms with Crippen LogP contribution in [0.4, 0.5) is 4.79 Å². The van der Waals surface area contributed by atoms with Crippen LogP contribution in [-0.2, 0) is 0 Å². The zero-order valence-corrected chi connectivity index (χ0v) is 8.18. The molecule has 0 bridgehead atoms. The molecule has 2 amide bonds. The third-order valence-electron chi connectivity index (χ3n) is 2.16. The molecule has 0 aromatic carbocycles. The average Bonchev–Trinajstić information content (AvgIpc) is 2.19. The highest BCUT2D eigenvalue weighted by atomic mass is 16.2. The van der Waals surface area contributed by atoms with Gasteiger partial charge in [0.2, 0.25) is 0 Å². The first-order valence-electron chi connectivity index (χ1n) is 4.68. The van der Waals surface area contributed by atoms with Crippen molar-refractivity contribution in [1.82, 2.24) is 10.9 Å². The van der Waals surface area contributed by atoms with Crippen molar-refractivity contribution >= 4 is 6.03 Å². The molecule has 0 aromatic heterocycles. The van der Waals surface area contributed by atoms with E-state index in [0.29, 0.717) is 0 Å². The maximum Gasteiger partial charge on any atom is 0.343 e. The first-order chi connectivity index (χ1) is 6.20. The van der Waals surface area contributed by atoms with Crippen LogP contribution in [0.1, 0.15) is 39.0 Å². The zero-order valence-electron chi connectivity index (χ0n) is 8.18. The number of nitrogens with one attached hydrogen (secondary N) is 2. The van der Waals surface area contributed by atoms with Gasteiger partial charge in [-0.1, -0.05) is 39.0 Å². The lowest BCUT2D eigenvalue weighted by Gasteiger charge is -2.15. The Morgan fingerprint density at radius 1 is 1.15 bits per heavy atom. The van der Waals surface area contributed by atoms with E-state index in [1.165, 1.54) is 32.1 Å². The number of hydrogen-bond acceptors (Lipinski definition) is 3. The Morgan fingerprint density at radius 2 is 1.62 bits per heavy atom. The molecule has 0 spiro atoms. The summed E-state index contributed by atoms with van der Waals surface area (Å²) < 4.78 is 0. The van der Waals surface area contributed by atoms with Crippen LogP contribution >= 0.6 is 0 Å². The summed E-state index contributed by atoms with van der Waals surface area (Å²) in [4.78, 5) is 9.71. The van der Waals surface area contributed by atoms with E-state index in [1.807, 2.05) is 0 Å². The molecule has 13 heavy (non-hydrogen) atoms. The first kappa shape index (κ1) is 12.2. The van der Waals surface area contributed by atoms with E-state index in [9.17, 15) is 4.79 Å². The van der Waals surface area contributed by atoms with Gasteiger partial charge in [0.15, 0.2) is 0 Å². The Labute approximate surface area is 79.2 Å². The van der Waals surface area contributed by atoms with Crippen LogP contribution in [0.2, 0.25) is 0 Å². The van der Waals surface area contributed by atoms with Crippen LogP contribution in [-0.4, -0.2) is 6.03 Å². The van der Waals surface area contributed by atoms with E-state index in [4.69, 9.17) is 0 Å². The van der Waals surface area contributed by atoms with E-state index >= 15 is 0 Å². The minimum Gasteiger partial charge on any atom is -0.275 e. The van der Waals surface area contributed by atoms with Crippen molar-refractivity contribution < 1.29 is 4.79 Å². The van der Waals surface area contributed by atoms with Crippen molar-refractivity contribution in [3.05, 3.63) is 0 Å². The summed E-state index contributed by atoms with van der Waals surface area (Å²) >= 11 is 0. The average molecular weight is 188 g/mol. The van der Waals surface area contributed by atoms with Gasteiger partial charge in [-0.2, -0.15) is 0 Å². The quantitative estimate of drug-likeness (QED) is 0.255. The molecule has 78 valence electrons. The molecule has 1 aliphatic carbocycles. The molecular weight excluding hydrogens is 168 g/mol. The topological polar surface area (TPSA) is 93.2 Å². The normalized spacial score (nSPS) is 16.8. The maximum absolute atomic E-state index is 9.71. The molecule has 0 aromatic rings. The monoisotopic (exact) mass is 188 g/mol. The van der Waals surface area contributed by atoms with Gasteiger partial charge in [-0.05, 0) is 5.92 Å². The highest BCUT2D eigenvalue weighted by Crippen LogP contribution is 2.21. The fourth-order valence-corrected chi connectivity index (χ4v) is 1.35. The number of amides is 2. The Kier molecular flexibility index (Phi) is 7.33. The molecule has 0 atom stereocenters. The number of hydrogen-bond donors (Lipinski definition) is 4. The molecule has 0 unspecified atom stereocenters. The molecule has 1 saturated carbocycles. The lowest BCUT2D eigenvalue weighted by Crippen LogP contribution is -2.43. The van der Waals surface area contributed by atoms with Crippen molar-refractivity contribution in [3.8, 4) is 0 Å². The molecule has 1 rings (SSSR count). The molecule has 0 heterocycles. The summed E-state index contributed by atoms with van der Waals surface area (Å²) in [6, 6.07) is -0.602.